The van der Waals surface area contributed by atoms with Crippen LogP contribution in [0.2, 0.25) is 0 Å². The lowest BCUT2D eigenvalue weighted by molar-refractivity contribution is 0.0955. The van der Waals surface area contributed by atoms with Crippen molar-refractivity contribution in [2.75, 3.05) is 32.1 Å². The molecule has 6 nitrogen and oxygen atoms in total. The Morgan fingerprint density at radius 3 is 2.19 bits per heavy atom. The van der Waals surface area contributed by atoms with E-state index < -0.39 is 0 Å². The molecule has 0 aliphatic carbocycles. The lowest BCUT2D eigenvalue weighted by Gasteiger charge is -2.17. The average Bonchev–Trinajstić information content (AvgIpc) is 3.27. The number of aromatic amines is 1. The van der Waals surface area contributed by atoms with Crippen molar-refractivity contribution in [1.29, 1.82) is 0 Å². The van der Waals surface area contributed by atoms with E-state index in [0.717, 1.165) is 22.5 Å². The molecule has 1 amide bonds. The zero-order valence-corrected chi connectivity index (χ0v) is 22.7. The number of thioether (sulfide) groups is 1. The fourth-order valence-corrected chi connectivity index (χ4v) is 5.18. The zero-order valence-electron chi connectivity index (χ0n) is 21.9. The number of hydrogen-bond donors (Lipinski definition) is 2. The maximum atomic E-state index is 13.0. The maximum absolute atomic E-state index is 13.0. The summed E-state index contributed by atoms with van der Waals surface area (Å²) >= 11 is 1.74. The predicted octanol–water partition coefficient (Wildman–Crippen LogP) is 6.86. The molecule has 0 aliphatic rings. The molecule has 4 aromatic rings. The number of fused-ring (bicyclic) bond motifs is 1. The summed E-state index contributed by atoms with van der Waals surface area (Å²) in [5.74, 6) is 2.09. The molecular formula is C30H34N2O4S. The van der Waals surface area contributed by atoms with Crippen LogP contribution in [0.1, 0.15) is 36.7 Å². The van der Waals surface area contributed by atoms with Gasteiger partial charge < -0.3 is 24.5 Å². The van der Waals surface area contributed by atoms with Gasteiger partial charge in [0.15, 0.2) is 11.5 Å². The van der Waals surface area contributed by atoms with Gasteiger partial charge in [-0.15, -0.1) is 11.8 Å². The number of ether oxygens (including phenoxy) is 3. The summed E-state index contributed by atoms with van der Waals surface area (Å²) in [6, 6.07) is 20.3. The third-order valence-corrected chi connectivity index (χ3v) is 6.92. The van der Waals surface area contributed by atoms with E-state index in [0.29, 0.717) is 49.2 Å². The fourth-order valence-electron chi connectivity index (χ4n) is 4.13. The molecule has 0 bridgehead atoms. The lowest BCUT2D eigenvalue weighted by atomic mass is 10.1. The Morgan fingerprint density at radius 1 is 0.892 bits per heavy atom. The molecule has 0 spiro atoms. The van der Waals surface area contributed by atoms with Crippen LogP contribution in [0.25, 0.3) is 22.2 Å². The largest absolute Gasteiger partial charge is 0.490 e. The van der Waals surface area contributed by atoms with Gasteiger partial charge in [0.05, 0.1) is 25.5 Å². The van der Waals surface area contributed by atoms with Crippen molar-refractivity contribution < 1.29 is 19.0 Å². The molecule has 1 heterocycles. The van der Waals surface area contributed by atoms with Crippen LogP contribution in [0.3, 0.4) is 0 Å². The number of carbonyl (C=O) groups excluding carboxylic acids is 1. The minimum atomic E-state index is -0.178. The second-order valence-electron chi connectivity index (χ2n) is 8.45. The normalized spacial score (nSPS) is 10.9. The highest BCUT2D eigenvalue weighted by molar-refractivity contribution is 7.99. The number of benzene rings is 3. The first kappa shape index (κ1) is 26.5. The molecule has 0 aliphatic heterocycles. The Kier molecular flexibility index (Phi) is 9.01. The Balaban J connectivity index is 1.48. The van der Waals surface area contributed by atoms with Crippen LogP contribution >= 0.6 is 11.8 Å². The lowest BCUT2D eigenvalue weighted by Crippen LogP contribution is -2.26. The second kappa shape index (κ2) is 12.6. The molecule has 7 heteroatoms. The van der Waals surface area contributed by atoms with Gasteiger partial charge in [0, 0.05) is 33.7 Å². The van der Waals surface area contributed by atoms with Crippen LogP contribution in [0.4, 0.5) is 0 Å². The van der Waals surface area contributed by atoms with E-state index in [1.807, 2.05) is 26.8 Å². The summed E-state index contributed by atoms with van der Waals surface area (Å²) in [7, 11) is 0. The summed E-state index contributed by atoms with van der Waals surface area (Å²) in [6.45, 7) is 9.70. The zero-order chi connectivity index (χ0) is 26.2. The second-order valence-corrected chi connectivity index (χ2v) is 9.55. The van der Waals surface area contributed by atoms with Crippen molar-refractivity contribution >= 4 is 28.6 Å². The number of hydrogen-bond acceptors (Lipinski definition) is 5. The molecule has 2 N–H and O–H groups in total. The summed E-state index contributed by atoms with van der Waals surface area (Å²) in [5, 5.41) is 4.23. The topological polar surface area (TPSA) is 72.6 Å². The molecule has 0 radical (unpaired) electrons. The Bertz CT molecular complexity index is 1320. The minimum absolute atomic E-state index is 0.178. The van der Waals surface area contributed by atoms with E-state index in [-0.39, 0.29) is 5.91 Å². The van der Waals surface area contributed by atoms with E-state index in [9.17, 15) is 4.79 Å². The van der Waals surface area contributed by atoms with Gasteiger partial charge in [0.25, 0.3) is 5.91 Å². The molecule has 37 heavy (non-hydrogen) atoms. The van der Waals surface area contributed by atoms with Crippen molar-refractivity contribution in [2.24, 2.45) is 0 Å². The van der Waals surface area contributed by atoms with E-state index in [2.05, 4.69) is 59.7 Å². The molecule has 0 saturated heterocycles. The highest BCUT2D eigenvalue weighted by Crippen LogP contribution is 2.40. The van der Waals surface area contributed by atoms with Gasteiger partial charge in [0.1, 0.15) is 0 Å². The van der Waals surface area contributed by atoms with E-state index >= 15 is 0 Å². The molecular weight excluding hydrogens is 484 g/mol. The first-order valence-electron chi connectivity index (χ1n) is 12.7. The van der Waals surface area contributed by atoms with Gasteiger partial charge in [-0.25, -0.2) is 0 Å². The Hall–Kier alpha value is -3.58. The first-order chi connectivity index (χ1) is 18.0. The smallest absolute Gasteiger partial charge is 0.251 e. The molecule has 1 aromatic heterocycles. The van der Waals surface area contributed by atoms with Gasteiger partial charge in [-0.3, -0.25) is 4.79 Å². The fraction of sp³-hybridized carbons (Fsp3) is 0.300. The molecule has 0 fully saturated rings. The van der Waals surface area contributed by atoms with Gasteiger partial charge in [-0.1, -0.05) is 48.0 Å². The van der Waals surface area contributed by atoms with Crippen molar-refractivity contribution in [1.82, 2.24) is 10.3 Å². The van der Waals surface area contributed by atoms with Crippen LogP contribution in [-0.2, 0) is 0 Å². The van der Waals surface area contributed by atoms with E-state index in [1.165, 1.54) is 15.8 Å². The highest BCUT2D eigenvalue weighted by Gasteiger charge is 2.19. The Morgan fingerprint density at radius 2 is 1.54 bits per heavy atom. The number of amides is 1. The molecule has 0 atom stereocenters. The van der Waals surface area contributed by atoms with Gasteiger partial charge in [-0.2, -0.15) is 0 Å². The van der Waals surface area contributed by atoms with Crippen molar-refractivity contribution in [3.05, 3.63) is 71.8 Å². The monoisotopic (exact) mass is 518 g/mol. The van der Waals surface area contributed by atoms with E-state index in [1.54, 1.807) is 23.9 Å². The molecule has 3 aromatic carbocycles. The molecule has 4 rings (SSSR count). The van der Waals surface area contributed by atoms with Crippen molar-refractivity contribution in [2.45, 2.75) is 32.6 Å². The van der Waals surface area contributed by atoms with E-state index in [4.69, 9.17) is 14.2 Å². The number of carbonyl (C=O) groups is 1. The van der Waals surface area contributed by atoms with Crippen molar-refractivity contribution in [3.63, 3.8) is 0 Å². The minimum Gasteiger partial charge on any atom is -0.490 e. The number of H-pyrrole nitrogens is 1. The molecule has 0 unspecified atom stereocenters. The molecule has 0 saturated carbocycles. The standard InChI is InChI=1S/C30H34N2O4S/c1-5-34-25-18-22(19-26(35-6-2)28(25)36-7-3)30(33)31-16-17-37-29-23-10-8-9-11-24(23)32-27(29)21-14-12-20(4)13-15-21/h8-15,18-19,32H,5-7,16-17H2,1-4H3,(H,31,33). The van der Waals surface area contributed by atoms with Crippen LogP contribution < -0.4 is 19.5 Å². The van der Waals surface area contributed by atoms with Gasteiger partial charge in [0.2, 0.25) is 5.75 Å². The molecule has 194 valence electrons. The quantitative estimate of drug-likeness (QED) is 0.158. The van der Waals surface area contributed by atoms with Crippen LogP contribution in [-0.4, -0.2) is 43.0 Å². The number of para-hydroxylation sites is 1. The summed E-state index contributed by atoms with van der Waals surface area (Å²) in [4.78, 5) is 17.8. The third-order valence-electron chi connectivity index (χ3n) is 5.80. The summed E-state index contributed by atoms with van der Waals surface area (Å²) in [5.41, 5.74) is 5.06. The first-order valence-corrected chi connectivity index (χ1v) is 13.7. The number of aryl methyl sites for hydroxylation is 1. The van der Waals surface area contributed by atoms with Gasteiger partial charge in [-0.05, 0) is 51.5 Å². The number of nitrogens with one attached hydrogen (secondary N) is 2. The maximum Gasteiger partial charge on any atom is 0.251 e. The number of rotatable bonds is 12. The van der Waals surface area contributed by atoms with Gasteiger partial charge >= 0.3 is 0 Å². The highest BCUT2D eigenvalue weighted by atomic mass is 32.2. The predicted molar refractivity (Wildman–Crippen MR) is 151 cm³/mol. The van der Waals surface area contributed by atoms with Crippen LogP contribution in [0.5, 0.6) is 17.2 Å². The number of aromatic nitrogens is 1. The Labute approximate surface area is 222 Å². The van der Waals surface area contributed by atoms with Crippen molar-refractivity contribution in [3.8, 4) is 28.5 Å². The average molecular weight is 519 g/mol. The van der Waals surface area contributed by atoms with Crippen LogP contribution in [0, 0.1) is 6.92 Å². The third kappa shape index (κ3) is 6.23. The SMILES string of the molecule is CCOc1cc(C(=O)NCCSc2c(-c3ccc(C)cc3)[nH]c3ccccc23)cc(OCC)c1OCC. The summed E-state index contributed by atoms with van der Waals surface area (Å²) in [6.07, 6.45) is 0. The summed E-state index contributed by atoms with van der Waals surface area (Å²) < 4.78 is 17.3. The van der Waals surface area contributed by atoms with Crippen LogP contribution in [0.15, 0.2) is 65.6 Å².